The number of amides is 1. The zero-order valence-corrected chi connectivity index (χ0v) is 13.8. The van der Waals surface area contributed by atoms with E-state index in [1.807, 2.05) is 44.2 Å². The van der Waals surface area contributed by atoms with Gasteiger partial charge >= 0.3 is 0 Å². The highest BCUT2D eigenvalue weighted by atomic mass is 79.9. The lowest BCUT2D eigenvalue weighted by Gasteiger charge is -2.29. The molecule has 1 N–H and O–H groups in total. The van der Waals surface area contributed by atoms with Crippen LogP contribution in [0.2, 0.25) is 0 Å². The first kappa shape index (κ1) is 16.2. The Labute approximate surface area is 125 Å². The average Bonchev–Trinajstić information content (AvgIpc) is 2.39. The van der Waals surface area contributed by atoms with Crippen LogP contribution in [0.1, 0.15) is 45.6 Å². The van der Waals surface area contributed by atoms with E-state index < -0.39 is 0 Å². The van der Waals surface area contributed by atoms with E-state index in [2.05, 4.69) is 35.1 Å². The molecule has 0 saturated carbocycles. The Bertz CT molecular complexity index is 402. The maximum absolute atomic E-state index is 12.6. The van der Waals surface area contributed by atoms with Crippen LogP contribution in [0.25, 0.3) is 0 Å². The van der Waals surface area contributed by atoms with Gasteiger partial charge in [-0.25, -0.2) is 0 Å². The fourth-order valence-electron chi connectivity index (χ4n) is 2.08. The first-order chi connectivity index (χ1) is 8.91. The summed E-state index contributed by atoms with van der Waals surface area (Å²) >= 11 is 3.44. The molecule has 0 heterocycles. The van der Waals surface area contributed by atoms with Gasteiger partial charge in [0, 0.05) is 10.9 Å². The Hall–Kier alpha value is -0.830. The molecule has 0 saturated heterocycles. The molecule has 19 heavy (non-hydrogen) atoms. The predicted molar refractivity (Wildman–Crippen MR) is 84.7 cm³/mol. The van der Waals surface area contributed by atoms with Gasteiger partial charge in [0.1, 0.15) is 0 Å². The summed E-state index contributed by atoms with van der Waals surface area (Å²) < 4.78 is 0. The van der Waals surface area contributed by atoms with Crippen molar-refractivity contribution in [2.75, 3.05) is 5.33 Å². The van der Waals surface area contributed by atoms with Gasteiger partial charge in [-0.05, 0) is 25.3 Å². The smallest absolute Gasteiger partial charge is 0.228 e. The number of hydrogen-bond acceptors (Lipinski definition) is 1. The van der Waals surface area contributed by atoms with Crippen molar-refractivity contribution in [1.82, 2.24) is 5.32 Å². The molecular weight excluding hydrogens is 302 g/mol. The summed E-state index contributed by atoms with van der Waals surface area (Å²) in [7, 11) is 0. The largest absolute Gasteiger partial charge is 0.350 e. The van der Waals surface area contributed by atoms with Crippen LogP contribution in [-0.2, 0) is 4.79 Å². The highest BCUT2D eigenvalue weighted by Gasteiger charge is 2.29. The Morgan fingerprint density at radius 2 is 1.89 bits per heavy atom. The number of carbonyl (C=O) groups is 1. The van der Waals surface area contributed by atoms with E-state index in [0.29, 0.717) is 5.92 Å². The van der Waals surface area contributed by atoms with Gasteiger partial charge in [0.2, 0.25) is 5.91 Å². The summed E-state index contributed by atoms with van der Waals surface area (Å²) in [5.41, 5.74) is 0.872. The number of alkyl halides is 1. The van der Waals surface area contributed by atoms with E-state index in [9.17, 15) is 4.79 Å². The SMILES string of the molecule is CCC(C)C(C(=O)NC(C)(C)CBr)c1ccccc1. The predicted octanol–water partition coefficient (Wildman–Crippen LogP) is 4.11. The summed E-state index contributed by atoms with van der Waals surface area (Å²) in [5.74, 6) is 0.364. The summed E-state index contributed by atoms with van der Waals surface area (Å²) in [5, 5.41) is 3.88. The molecule has 1 aromatic rings. The van der Waals surface area contributed by atoms with Gasteiger partial charge in [0.15, 0.2) is 0 Å². The van der Waals surface area contributed by atoms with Crippen molar-refractivity contribution >= 4 is 21.8 Å². The highest BCUT2D eigenvalue weighted by Crippen LogP contribution is 2.28. The molecule has 3 heteroatoms. The zero-order chi connectivity index (χ0) is 14.5. The molecule has 0 aromatic heterocycles. The Balaban J connectivity index is 2.96. The van der Waals surface area contributed by atoms with Gasteiger partial charge in [-0.15, -0.1) is 0 Å². The maximum atomic E-state index is 12.6. The van der Waals surface area contributed by atoms with Crippen molar-refractivity contribution in [1.29, 1.82) is 0 Å². The van der Waals surface area contributed by atoms with Crippen molar-refractivity contribution in [3.8, 4) is 0 Å². The summed E-state index contributed by atoms with van der Waals surface area (Å²) in [6.07, 6.45) is 0.988. The lowest BCUT2D eigenvalue weighted by molar-refractivity contribution is -0.125. The third-order valence-corrected chi connectivity index (χ3v) is 4.85. The van der Waals surface area contributed by atoms with Crippen LogP contribution in [0.3, 0.4) is 0 Å². The molecule has 0 bridgehead atoms. The second-order valence-electron chi connectivity index (χ2n) is 5.78. The van der Waals surface area contributed by atoms with Gasteiger partial charge in [0.05, 0.1) is 5.92 Å². The molecule has 0 aliphatic carbocycles. The lowest BCUT2D eigenvalue weighted by Crippen LogP contribution is -2.47. The van der Waals surface area contributed by atoms with E-state index in [1.165, 1.54) is 0 Å². The Morgan fingerprint density at radius 1 is 1.32 bits per heavy atom. The van der Waals surface area contributed by atoms with Crippen LogP contribution in [0, 0.1) is 5.92 Å². The minimum Gasteiger partial charge on any atom is -0.350 e. The van der Waals surface area contributed by atoms with Gasteiger partial charge < -0.3 is 5.32 Å². The van der Waals surface area contributed by atoms with Crippen molar-refractivity contribution < 1.29 is 4.79 Å². The summed E-state index contributed by atoms with van der Waals surface area (Å²) in [6, 6.07) is 10.0. The molecule has 1 amide bonds. The lowest BCUT2D eigenvalue weighted by atomic mass is 9.84. The zero-order valence-electron chi connectivity index (χ0n) is 12.2. The average molecular weight is 326 g/mol. The summed E-state index contributed by atoms with van der Waals surface area (Å²) in [6.45, 7) is 8.32. The molecule has 1 aromatic carbocycles. The van der Waals surface area contributed by atoms with Crippen molar-refractivity contribution in [3.63, 3.8) is 0 Å². The molecule has 0 spiro atoms. The molecule has 0 radical (unpaired) electrons. The van der Waals surface area contributed by atoms with E-state index in [4.69, 9.17) is 0 Å². The third kappa shape index (κ3) is 4.64. The Morgan fingerprint density at radius 3 is 2.37 bits per heavy atom. The van der Waals surface area contributed by atoms with E-state index in [-0.39, 0.29) is 17.4 Å². The van der Waals surface area contributed by atoms with Crippen LogP contribution >= 0.6 is 15.9 Å². The molecular formula is C16H24BrNO. The summed E-state index contributed by atoms with van der Waals surface area (Å²) in [4.78, 5) is 12.6. The van der Waals surface area contributed by atoms with Crippen LogP contribution in [0.5, 0.6) is 0 Å². The number of carbonyl (C=O) groups excluding carboxylic acids is 1. The fourth-order valence-corrected chi connectivity index (χ4v) is 2.22. The van der Waals surface area contributed by atoms with E-state index >= 15 is 0 Å². The quantitative estimate of drug-likeness (QED) is 0.783. The standard InChI is InChI=1S/C16H24BrNO/c1-5-12(2)14(13-9-7-6-8-10-13)15(19)18-16(3,4)11-17/h6-10,12,14H,5,11H2,1-4H3,(H,18,19). The minimum absolute atomic E-state index is 0.0791. The number of benzene rings is 1. The van der Waals surface area contributed by atoms with Crippen LogP contribution in [-0.4, -0.2) is 16.8 Å². The second-order valence-corrected chi connectivity index (χ2v) is 6.34. The molecule has 1 rings (SSSR count). The van der Waals surface area contributed by atoms with Gasteiger partial charge in [0.25, 0.3) is 0 Å². The fraction of sp³-hybridized carbons (Fsp3) is 0.562. The Kier molecular flexibility index (Phi) is 6.05. The molecule has 0 aliphatic heterocycles. The molecule has 0 fully saturated rings. The molecule has 2 atom stereocenters. The molecule has 2 unspecified atom stereocenters. The van der Waals surface area contributed by atoms with Gasteiger partial charge in [-0.1, -0.05) is 66.5 Å². The number of nitrogens with one attached hydrogen (secondary N) is 1. The first-order valence-electron chi connectivity index (χ1n) is 6.84. The van der Waals surface area contributed by atoms with Crippen molar-refractivity contribution in [2.45, 2.75) is 45.6 Å². The highest BCUT2D eigenvalue weighted by molar-refractivity contribution is 9.09. The number of hydrogen-bond donors (Lipinski definition) is 1. The van der Waals surface area contributed by atoms with Crippen LogP contribution in [0.15, 0.2) is 30.3 Å². The molecule has 106 valence electrons. The molecule has 2 nitrogen and oxygen atoms in total. The van der Waals surface area contributed by atoms with E-state index in [0.717, 1.165) is 17.3 Å². The van der Waals surface area contributed by atoms with Crippen LogP contribution < -0.4 is 5.32 Å². The van der Waals surface area contributed by atoms with Gasteiger partial charge in [-0.2, -0.15) is 0 Å². The van der Waals surface area contributed by atoms with Crippen LogP contribution in [0.4, 0.5) is 0 Å². The normalized spacial score (nSPS) is 14.8. The number of rotatable bonds is 6. The van der Waals surface area contributed by atoms with Gasteiger partial charge in [-0.3, -0.25) is 4.79 Å². The maximum Gasteiger partial charge on any atom is 0.228 e. The van der Waals surface area contributed by atoms with E-state index in [1.54, 1.807) is 0 Å². The third-order valence-electron chi connectivity index (χ3n) is 3.45. The second kappa shape index (κ2) is 7.09. The monoisotopic (exact) mass is 325 g/mol. The number of halogens is 1. The minimum atomic E-state index is -0.225. The molecule has 0 aliphatic rings. The first-order valence-corrected chi connectivity index (χ1v) is 7.96. The topological polar surface area (TPSA) is 29.1 Å². The van der Waals surface area contributed by atoms with Crippen molar-refractivity contribution in [3.05, 3.63) is 35.9 Å². The van der Waals surface area contributed by atoms with Crippen molar-refractivity contribution in [2.24, 2.45) is 5.92 Å².